The van der Waals surface area contributed by atoms with Crippen molar-refractivity contribution in [2.24, 2.45) is 51.8 Å². The number of ether oxygens (including phenoxy) is 6. The molecule has 681 valence electrons. The minimum atomic E-state index is -3.33. The number of benzene rings is 3. The molecule has 6 aromatic rings. The Balaban J connectivity index is 0.000000195. The van der Waals surface area contributed by atoms with Crippen LogP contribution in [-0.4, -0.2) is 191 Å². The summed E-state index contributed by atoms with van der Waals surface area (Å²) in [5, 5.41) is 8.22. The van der Waals surface area contributed by atoms with Gasteiger partial charge in [-0.1, -0.05) is 157 Å². The van der Waals surface area contributed by atoms with Gasteiger partial charge in [-0.2, -0.15) is 26.3 Å². The van der Waals surface area contributed by atoms with Crippen LogP contribution in [0.1, 0.15) is 216 Å². The molecule has 3 radical (unpaired) electrons. The van der Waals surface area contributed by atoms with Crippen molar-refractivity contribution in [3.63, 3.8) is 0 Å². The van der Waals surface area contributed by atoms with Gasteiger partial charge < -0.3 is 73.5 Å². The van der Waals surface area contributed by atoms with Crippen LogP contribution in [0.5, 0.6) is 17.6 Å². The second-order valence-electron chi connectivity index (χ2n) is 38.2. The maximum absolute atomic E-state index is 15.8. The van der Waals surface area contributed by atoms with E-state index in [2.05, 4.69) is 45.9 Å². The Morgan fingerprint density at radius 2 is 0.690 bits per heavy atom. The molecule has 3 saturated carbocycles. The molecule has 9 heterocycles. The Labute approximate surface area is 765 Å². The molecule has 0 spiro atoms. The van der Waals surface area contributed by atoms with Crippen molar-refractivity contribution in [3.05, 3.63) is 89.9 Å². The van der Waals surface area contributed by atoms with Gasteiger partial charge in [-0.15, -0.1) is 0 Å². The second kappa shape index (κ2) is 39.9. The van der Waals surface area contributed by atoms with Crippen LogP contribution >= 0.6 is 0 Å². The monoisotopic (exact) mass is 1870 g/mol. The van der Waals surface area contributed by atoms with Gasteiger partial charge in [-0.25, -0.2) is 63.1 Å². The number of hydrogen-bond acceptors (Lipinski definition) is 21. The van der Waals surface area contributed by atoms with E-state index >= 15 is 26.3 Å². The van der Waals surface area contributed by atoms with E-state index in [0.29, 0.717) is 90.9 Å². The predicted octanol–water partition coefficient (Wildman–Crippen LogP) is 14.7. The van der Waals surface area contributed by atoms with Crippen molar-refractivity contribution in [2.75, 3.05) is 19.6 Å². The topological polar surface area (TPSA) is 332 Å². The normalized spacial score (nSPS) is 30.7. The molecule has 126 heavy (non-hydrogen) atoms. The van der Waals surface area contributed by atoms with E-state index in [4.69, 9.17) is 28.4 Å². The van der Waals surface area contributed by atoms with Crippen molar-refractivity contribution in [1.82, 2.24) is 60.6 Å². The number of para-hydroxylation sites is 6. The Bertz CT molecular complexity index is 4950. The number of amides is 6. The van der Waals surface area contributed by atoms with Gasteiger partial charge in [0, 0.05) is 80.8 Å². The van der Waals surface area contributed by atoms with Crippen molar-refractivity contribution < 1.29 is 154 Å². The van der Waals surface area contributed by atoms with E-state index in [1.165, 1.54) is 14.7 Å². The van der Waals surface area contributed by atoms with Crippen molar-refractivity contribution in [2.45, 2.75) is 289 Å². The average molecular weight is 1870 g/mol. The number of aromatic nitrogens is 6. The SMILES string of the molecule is C[C@@H]1[C@@H]2CN(C(=O)[C@H](C(C)(C)C)NC(=O)O[C@@H]3CCC[C@H]3CCCCC(F)(F)c3nc4ccccc4nc3O2)[C@@H]1[C-]=O.C[C@@H]1[C@@H]2CN(C(=O)[C@H](C(C)(C)C)NC(=O)O[C@@H]3C[C@H]3CCCCC(F)(F)c3nc4ccccc4nc3O2)[C@@H]1[C-]=O.C[C@@H]1[C@@H]2CN(C(=O)[C@H](C(C)(C)C)NC(=O)O[C@]3(C)C[C@H]3CCCCC(F)(F)c3nc4ccccc4nc3O2)[C@@H]1[C-]=O.[V].[V].[V]. The number of carbonyl (C=O) groups is 6. The number of fused-ring (bicyclic) bond motifs is 15. The predicted molar refractivity (Wildman–Crippen MR) is 438 cm³/mol. The number of alkyl carbamates (subject to hydrolysis) is 3. The third kappa shape index (κ3) is 22.4. The first kappa shape index (κ1) is 99.8. The van der Waals surface area contributed by atoms with Crippen molar-refractivity contribution in [3.8, 4) is 17.6 Å². The van der Waals surface area contributed by atoms with Crippen LogP contribution in [0, 0.1) is 51.8 Å². The van der Waals surface area contributed by atoms with Gasteiger partial charge in [0.15, 0.2) is 17.1 Å². The van der Waals surface area contributed by atoms with Crippen molar-refractivity contribution >= 4 is 88.0 Å². The van der Waals surface area contributed by atoms with Gasteiger partial charge in [0.2, 0.25) is 35.4 Å². The van der Waals surface area contributed by atoms with Gasteiger partial charge in [0.25, 0.3) is 17.8 Å². The fraction of sp³-hybridized carbons (Fsp3) is 0.633. The summed E-state index contributed by atoms with van der Waals surface area (Å²) in [5.41, 5.74) is -2.38. The standard InChI is InChI=1S/C31H39F2N4O5.C30H37F2N4O5.C29H35F2N4O5.3V/c1-18-22(17-38)37-16-24(18)41-27-25(34-20-12-5-6-13-21(20)35-27)31(32,33)15-8-7-10-19-11-9-14-23(19)42-29(40)36-26(28(37)39)30(2,3)4;1-17-21(16-37)36-15-22(17)40-25-23(33-19-11-6-7-12-20(19)34-25)30(31,32)13-9-8-10-18-14-29(18,5)41-27(39)35-24(26(36)38)28(2,3)4;1-16-20(15-36)35-14-22(16)39-25-23(32-18-10-5-6-11-19(18)33-25)29(30,31)12-8-7-9-17-13-21(17)40-27(38)34-24(26(35)37)28(2,3)4;;;/h5-6,12-13,18-19,22-24,26H,7-11,14-16H2,1-4H3,(H,36,40);6-7,11-12,17-18,21-22,24H,8-10,13-15H2,1-5H3,(H,35,39);5-6,10-11,16-17,20-22,24H,7-9,12-14H2,1-4H3,(H,34,38);;;/q3*-1;;;/t18-,19+,22+,23+,24-,26+;17-,18+,21+,22-,24+,29+;16-,17+,20+,21+,22-,24+;;;/m000.../s1. The van der Waals surface area contributed by atoms with Crippen LogP contribution in [-0.2, 0) is 116 Å². The number of nitrogens with zero attached hydrogens (tertiary/aromatic N) is 9. The van der Waals surface area contributed by atoms with E-state index in [1.54, 1.807) is 135 Å². The molecule has 3 aliphatic carbocycles. The average Bonchev–Trinajstić information content (AvgIpc) is 1.58. The van der Waals surface area contributed by atoms with Crippen LogP contribution in [0.4, 0.5) is 40.7 Å². The van der Waals surface area contributed by atoms with Crippen molar-refractivity contribution in [1.29, 1.82) is 0 Å². The van der Waals surface area contributed by atoms with Gasteiger partial charge in [0.05, 0.1) is 52.7 Å². The molecule has 6 aliphatic heterocycles. The number of rotatable bonds is 3. The molecule has 15 rings (SSSR count). The Morgan fingerprint density at radius 3 is 1.02 bits per heavy atom. The van der Waals surface area contributed by atoms with Gasteiger partial charge in [-0.3, -0.25) is 14.4 Å². The van der Waals surface area contributed by atoms with Gasteiger partial charge in [0.1, 0.15) is 54.2 Å². The Hall–Kier alpha value is -8.36. The summed E-state index contributed by atoms with van der Waals surface area (Å²) in [7, 11) is 0. The summed E-state index contributed by atoms with van der Waals surface area (Å²) in [5.74, 6) is -14.0. The largest absolute Gasteiger partial charge is 0.540 e. The van der Waals surface area contributed by atoms with Crippen LogP contribution in [0.2, 0.25) is 0 Å². The summed E-state index contributed by atoms with van der Waals surface area (Å²) in [6, 6.07) is 14.1. The second-order valence-corrected chi connectivity index (χ2v) is 38.2. The summed E-state index contributed by atoms with van der Waals surface area (Å²) in [6.45, 7) is 22.9. The zero-order chi connectivity index (χ0) is 88.8. The first-order chi connectivity index (χ1) is 58.0. The number of halogens is 6. The molecule has 36 heteroatoms. The number of carbonyl (C=O) groups excluding carboxylic acids is 9. The Kier molecular flexibility index (Phi) is 31.6. The Morgan fingerprint density at radius 1 is 0.389 bits per heavy atom. The molecular formula is C90H111F6N12O15V3-3. The van der Waals surface area contributed by atoms with E-state index in [-0.39, 0.29) is 142 Å². The summed E-state index contributed by atoms with van der Waals surface area (Å²) in [6.07, 6.45) is 7.02. The molecule has 6 amide bonds. The molecule has 3 aromatic carbocycles. The molecule has 3 aromatic heterocycles. The summed E-state index contributed by atoms with van der Waals surface area (Å²) in [4.78, 5) is 147. The first-order valence-corrected chi connectivity index (χ1v) is 42.9. The van der Waals surface area contributed by atoms with Crippen LogP contribution in [0.25, 0.3) is 33.1 Å². The molecule has 6 fully saturated rings. The summed E-state index contributed by atoms with van der Waals surface area (Å²) >= 11 is 0. The summed E-state index contributed by atoms with van der Waals surface area (Å²) < 4.78 is 130. The maximum Gasteiger partial charge on any atom is 0.408 e. The van der Waals surface area contributed by atoms with E-state index in [9.17, 15) is 43.2 Å². The minimum Gasteiger partial charge on any atom is -0.540 e. The molecule has 27 nitrogen and oxygen atoms in total. The zero-order valence-corrected chi connectivity index (χ0v) is 77.3. The van der Waals surface area contributed by atoms with Crippen LogP contribution < -0.4 is 30.2 Å². The maximum atomic E-state index is 15.8. The minimum absolute atomic E-state index is 0. The molecule has 3 N–H and O–H groups in total. The molecule has 18 atom stereocenters. The van der Waals surface area contributed by atoms with E-state index in [0.717, 1.165) is 12.8 Å². The van der Waals surface area contributed by atoms with E-state index < -0.39 is 184 Å². The smallest absolute Gasteiger partial charge is 0.408 e. The molecule has 9 aliphatic rings. The number of alkyl halides is 6. The quantitative estimate of drug-likeness (QED) is 0.0842. The first-order valence-electron chi connectivity index (χ1n) is 42.9. The third-order valence-electron chi connectivity index (χ3n) is 25.7. The number of hydrogen-bond donors (Lipinski definition) is 3. The van der Waals surface area contributed by atoms with Gasteiger partial charge >= 0.3 is 18.3 Å². The zero-order valence-electron chi connectivity index (χ0n) is 73.1. The fourth-order valence-electron chi connectivity index (χ4n) is 18.0. The molecule has 6 bridgehead atoms. The molecular weight excluding hydrogens is 1760 g/mol. The third-order valence-corrected chi connectivity index (χ3v) is 25.7. The van der Waals surface area contributed by atoms with E-state index in [1.807, 2.05) is 46.6 Å². The molecule has 3 saturated heterocycles. The molecule has 0 unspecified atom stereocenters. The van der Waals surface area contributed by atoms with Crippen LogP contribution in [0.3, 0.4) is 0 Å². The number of nitrogens with one attached hydrogen (secondary N) is 3. The fourth-order valence-corrected chi connectivity index (χ4v) is 18.0. The van der Waals surface area contributed by atoms with Crippen LogP contribution in [0.15, 0.2) is 72.8 Å². The van der Waals surface area contributed by atoms with Gasteiger partial charge in [-0.05, 0) is 160 Å².